The standard InChI is InChI=1S/C22H23ClN2O2.C2H6/c1-2-27-22(26)25-12-9-15(10-13-25)20-19-8-7-18(23)14-17(19)6-5-16-4-3-11-24-21(16)20;1-2/h3-4,7-8,11,14H,2,5-6,9-10,12-13H2,1H3;1-2H3. The zero-order valence-electron chi connectivity index (χ0n) is 17.5. The lowest BCUT2D eigenvalue weighted by Crippen LogP contribution is -2.37. The molecule has 1 aliphatic carbocycles. The van der Waals surface area contributed by atoms with Crippen molar-refractivity contribution in [3.05, 3.63) is 69.5 Å². The summed E-state index contributed by atoms with van der Waals surface area (Å²) in [4.78, 5) is 18.6. The molecule has 0 unspecified atom stereocenters. The summed E-state index contributed by atoms with van der Waals surface area (Å²) in [5.74, 6) is 0. The van der Waals surface area contributed by atoms with Crippen molar-refractivity contribution >= 4 is 23.3 Å². The van der Waals surface area contributed by atoms with Gasteiger partial charge in [-0.15, -0.1) is 0 Å². The minimum atomic E-state index is -0.215. The lowest BCUT2D eigenvalue weighted by Gasteiger charge is -2.29. The Morgan fingerprint density at radius 1 is 1.10 bits per heavy atom. The van der Waals surface area contributed by atoms with Gasteiger partial charge in [0, 0.05) is 29.9 Å². The van der Waals surface area contributed by atoms with Crippen LogP contribution in [0.2, 0.25) is 5.02 Å². The van der Waals surface area contributed by atoms with Crippen LogP contribution in [0.15, 0.2) is 42.1 Å². The Morgan fingerprint density at radius 2 is 1.83 bits per heavy atom. The number of piperidine rings is 1. The van der Waals surface area contributed by atoms with E-state index in [1.807, 2.05) is 39.1 Å². The van der Waals surface area contributed by atoms with Crippen molar-refractivity contribution in [1.29, 1.82) is 0 Å². The first-order chi connectivity index (χ1) is 14.2. The van der Waals surface area contributed by atoms with E-state index in [-0.39, 0.29) is 6.09 Å². The molecule has 0 radical (unpaired) electrons. The van der Waals surface area contributed by atoms with Crippen LogP contribution in [0.4, 0.5) is 4.79 Å². The fraction of sp³-hybridized carbons (Fsp3) is 0.417. The number of ether oxygens (including phenoxy) is 1. The van der Waals surface area contributed by atoms with Gasteiger partial charge in [-0.25, -0.2) is 4.79 Å². The molecule has 1 aromatic heterocycles. The van der Waals surface area contributed by atoms with E-state index in [0.717, 1.165) is 36.4 Å². The van der Waals surface area contributed by atoms with Crippen LogP contribution < -0.4 is 0 Å². The largest absolute Gasteiger partial charge is 0.450 e. The molecule has 5 heteroatoms. The first kappa shape index (κ1) is 21.4. The number of likely N-dealkylation sites (tertiary alicyclic amines) is 1. The highest BCUT2D eigenvalue weighted by molar-refractivity contribution is 6.30. The highest BCUT2D eigenvalue weighted by atomic mass is 35.5. The van der Waals surface area contributed by atoms with Crippen molar-refractivity contribution in [3.63, 3.8) is 0 Å². The van der Waals surface area contributed by atoms with E-state index < -0.39 is 0 Å². The predicted octanol–water partition coefficient (Wildman–Crippen LogP) is 5.91. The average molecular weight is 413 g/mol. The third kappa shape index (κ3) is 4.64. The number of carbonyl (C=O) groups is 1. The summed E-state index contributed by atoms with van der Waals surface area (Å²) in [6.45, 7) is 7.62. The lowest BCUT2D eigenvalue weighted by molar-refractivity contribution is 0.104. The fourth-order valence-corrected chi connectivity index (χ4v) is 4.25. The van der Waals surface area contributed by atoms with E-state index in [0.29, 0.717) is 19.7 Å². The van der Waals surface area contributed by atoms with Crippen LogP contribution in [0, 0.1) is 0 Å². The van der Waals surface area contributed by atoms with Gasteiger partial charge >= 0.3 is 6.09 Å². The van der Waals surface area contributed by atoms with Gasteiger partial charge in [-0.05, 0) is 67.5 Å². The van der Waals surface area contributed by atoms with E-state index in [1.165, 1.54) is 27.8 Å². The molecule has 2 aliphatic rings. The number of nitrogens with zero attached hydrogens (tertiary/aromatic N) is 2. The molecule has 154 valence electrons. The van der Waals surface area contributed by atoms with Gasteiger partial charge < -0.3 is 9.64 Å². The van der Waals surface area contributed by atoms with Crippen LogP contribution in [0.5, 0.6) is 0 Å². The summed E-state index contributed by atoms with van der Waals surface area (Å²) < 4.78 is 5.15. The Morgan fingerprint density at radius 3 is 2.55 bits per heavy atom. The van der Waals surface area contributed by atoms with Crippen molar-refractivity contribution in [2.24, 2.45) is 0 Å². The SMILES string of the molecule is CC.CCOC(=O)N1CCC(=C2c3ccc(Cl)cc3CCc3cccnc32)CC1. The molecule has 1 aliphatic heterocycles. The molecule has 4 rings (SSSR count). The smallest absolute Gasteiger partial charge is 0.409 e. The Balaban J connectivity index is 0.00000117. The van der Waals surface area contributed by atoms with E-state index >= 15 is 0 Å². The molecule has 0 spiro atoms. The number of carbonyl (C=O) groups excluding carboxylic acids is 1. The van der Waals surface area contributed by atoms with Gasteiger partial charge in [0.1, 0.15) is 0 Å². The zero-order chi connectivity index (χ0) is 20.8. The fourth-order valence-electron chi connectivity index (χ4n) is 4.06. The molecule has 1 fully saturated rings. The summed E-state index contributed by atoms with van der Waals surface area (Å²) in [7, 11) is 0. The third-order valence-electron chi connectivity index (χ3n) is 5.37. The van der Waals surface area contributed by atoms with Crippen molar-refractivity contribution in [2.75, 3.05) is 19.7 Å². The number of aromatic nitrogens is 1. The first-order valence-corrected chi connectivity index (χ1v) is 10.9. The van der Waals surface area contributed by atoms with Crippen molar-refractivity contribution < 1.29 is 9.53 Å². The van der Waals surface area contributed by atoms with Crippen LogP contribution in [-0.2, 0) is 17.6 Å². The number of rotatable bonds is 1. The van der Waals surface area contributed by atoms with E-state index in [4.69, 9.17) is 21.3 Å². The lowest BCUT2D eigenvalue weighted by atomic mass is 9.88. The number of hydrogen-bond acceptors (Lipinski definition) is 3. The van der Waals surface area contributed by atoms with Crippen molar-refractivity contribution in [3.8, 4) is 0 Å². The second kappa shape index (κ2) is 9.93. The number of fused-ring (bicyclic) bond motifs is 2. The molecule has 29 heavy (non-hydrogen) atoms. The maximum atomic E-state index is 12.0. The Hall–Kier alpha value is -2.33. The highest BCUT2D eigenvalue weighted by Gasteiger charge is 2.26. The molecule has 2 aromatic rings. The molecule has 2 heterocycles. The van der Waals surface area contributed by atoms with Gasteiger partial charge in [0.15, 0.2) is 0 Å². The number of halogens is 1. The Bertz CT molecular complexity index is 898. The van der Waals surface area contributed by atoms with Crippen LogP contribution in [-0.4, -0.2) is 35.7 Å². The summed E-state index contributed by atoms with van der Waals surface area (Å²) >= 11 is 6.27. The molecular formula is C24H29ClN2O2. The van der Waals surface area contributed by atoms with E-state index in [9.17, 15) is 4.79 Å². The monoisotopic (exact) mass is 412 g/mol. The van der Waals surface area contributed by atoms with Crippen molar-refractivity contribution in [2.45, 2.75) is 46.5 Å². The van der Waals surface area contributed by atoms with Crippen LogP contribution in [0.25, 0.3) is 5.57 Å². The number of benzene rings is 1. The zero-order valence-corrected chi connectivity index (χ0v) is 18.3. The minimum absolute atomic E-state index is 0.215. The quantitative estimate of drug-likeness (QED) is 0.584. The second-order valence-electron chi connectivity index (χ2n) is 6.98. The maximum absolute atomic E-state index is 12.0. The Kier molecular flexibility index (Phi) is 7.32. The molecule has 1 saturated heterocycles. The summed E-state index contributed by atoms with van der Waals surface area (Å²) in [6, 6.07) is 10.3. The molecule has 4 nitrogen and oxygen atoms in total. The topological polar surface area (TPSA) is 42.4 Å². The minimum Gasteiger partial charge on any atom is -0.450 e. The summed E-state index contributed by atoms with van der Waals surface area (Å²) in [5.41, 5.74) is 7.46. The molecular weight excluding hydrogens is 384 g/mol. The maximum Gasteiger partial charge on any atom is 0.409 e. The van der Waals surface area contributed by atoms with E-state index in [1.54, 1.807) is 4.90 Å². The third-order valence-corrected chi connectivity index (χ3v) is 5.61. The van der Waals surface area contributed by atoms with Crippen LogP contribution in [0.3, 0.4) is 0 Å². The van der Waals surface area contributed by atoms with E-state index in [2.05, 4.69) is 18.2 Å². The molecule has 1 aromatic carbocycles. The predicted molar refractivity (Wildman–Crippen MR) is 118 cm³/mol. The summed E-state index contributed by atoms with van der Waals surface area (Å²) in [5, 5.41) is 0.772. The Labute approximate surface area is 178 Å². The first-order valence-electron chi connectivity index (χ1n) is 10.5. The molecule has 0 bridgehead atoms. The molecule has 1 amide bonds. The highest BCUT2D eigenvalue weighted by Crippen LogP contribution is 2.38. The number of aryl methyl sites for hydroxylation is 2. The number of pyridine rings is 1. The van der Waals surface area contributed by atoms with Gasteiger partial charge in [0.2, 0.25) is 0 Å². The van der Waals surface area contributed by atoms with Gasteiger partial charge in [0.05, 0.1) is 12.3 Å². The van der Waals surface area contributed by atoms with Gasteiger partial charge in [-0.1, -0.05) is 43.2 Å². The molecule has 0 atom stereocenters. The van der Waals surface area contributed by atoms with Crippen LogP contribution in [0.1, 0.15) is 56.0 Å². The number of hydrogen-bond donors (Lipinski definition) is 0. The van der Waals surface area contributed by atoms with Gasteiger partial charge in [-0.3, -0.25) is 4.98 Å². The molecule has 0 N–H and O–H groups in total. The molecule has 0 saturated carbocycles. The van der Waals surface area contributed by atoms with Crippen molar-refractivity contribution in [1.82, 2.24) is 9.88 Å². The second-order valence-corrected chi connectivity index (χ2v) is 7.41. The normalized spacial score (nSPS) is 15.5. The van der Waals surface area contributed by atoms with Gasteiger partial charge in [-0.2, -0.15) is 0 Å². The van der Waals surface area contributed by atoms with Gasteiger partial charge in [0.25, 0.3) is 0 Å². The van der Waals surface area contributed by atoms with Crippen LogP contribution >= 0.6 is 11.6 Å². The average Bonchev–Trinajstić information content (AvgIpc) is 2.92. The summed E-state index contributed by atoms with van der Waals surface area (Å²) in [6.07, 6.45) is 5.25. The number of amides is 1.